The number of thiophene rings is 1. The van der Waals surface area contributed by atoms with Gasteiger partial charge in [0.05, 0.1) is 10.6 Å². The van der Waals surface area contributed by atoms with Crippen molar-refractivity contribution < 1.29 is 9.59 Å². The summed E-state index contributed by atoms with van der Waals surface area (Å²) in [7, 11) is 3.11. The smallest absolute Gasteiger partial charge is 0.321 e. The summed E-state index contributed by atoms with van der Waals surface area (Å²) in [6.45, 7) is 1.67. The molecule has 0 radical (unpaired) electrons. The lowest BCUT2D eigenvalue weighted by molar-refractivity contribution is -0.119. The van der Waals surface area contributed by atoms with Crippen LogP contribution >= 0.6 is 23.1 Å². The Labute approximate surface area is 146 Å². The Morgan fingerprint density at radius 3 is 2.83 bits per heavy atom. The van der Waals surface area contributed by atoms with Gasteiger partial charge in [-0.1, -0.05) is 11.8 Å². The number of thioether (sulfide) groups is 1. The van der Waals surface area contributed by atoms with Crippen LogP contribution in [0.25, 0.3) is 10.2 Å². The number of nitrogens with one attached hydrogen (secondary N) is 2. The van der Waals surface area contributed by atoms with E-state index in [0.29, 0.717) is 5.16 Å². The molecule has 128 valence electrons. The van der Waals surface area contributed by atoms with Gasteiger partial charge in [-0.25, -0.2) is 9.78 Å². The van der Waals surface area contributed by atoms with Crippen molar-refractivity contribution in [3.63, 3.8) is 0 Å². The average molecular weight is 366 g/mol. The monoisotopic (exact) mass is 366 g/mol. The Hall–Kier alpha value is -1.87. The molecule has 2 heterocycles. The quantitative estimate of drug-likeness (QED) is 0.633. The summed E-state index contributed by atoms with van der Waals surface area (Å²) in [6.07, 6.45) is 3.03. The molecule has 0 aliphatic heterocycles. The average Bonchev–Trinajstić information content (AvgIpc) is 3.12. The van der Waals surface area contributed by atoms with E-state index in [1.165, 1.54) is 28.3 Å². The Kier molecular flexibility index (Phi) is 4.64. The first-order valence-corrected chi connectivity index (χ1v) is 9.32. The van der Waals surface area contributed by atoms with Gasteiger partial charge in [-0.15, -0.1) is 11.3 Å². The number of rotatable bonds is 3. The fraction of sp³-hybridized carbons (Fsp3) is 0.467. The second kappa shape index (κ2) is 6.56. The second-order valence-corrected chi connectivity index (χ2v) is 8.02. The minimum Gasteiger partial charge on any atom is -0.341 e. The molecule has 0 aromatic carbocycles. The van der Waals surface area contributed by atoms with Crippen molar-refractivity contribution in [1.29, 1.82) is 0 Å². The molecule has 0 unspecified atom stereocenters. The Balaban J connectivity index is 1.90. The lowest BCUT2D eigenvalue weighted by Gasteiger charge is -2.12. The number of nitrogens with zero attached hydrogens (tertiary/aromatic N) is 2. The Bertz CT molecular complexity index is 887. The molecule has 0 saturated carbocycles. The highest BCUT2D eigenvalue weighted by Gasteiger charge is 2.24. The molecule has 3 rings (SSSR count). The molecule has 2 aromatic rings. The Morgan fingerprint density at radius 2 is 2.12 bits per heavy atom. The first-order valence-electron chi connectivity index (χ1n) is 7.63. The zero-order valence-electron chi connectivity index (χ0n) is 13.6. The third-order valence-corrected chi connectivity index (χ3v) is 6.35. The lowest BCUT2D eigenvalue weighted by atomic mass is 10.2. The van der Waals surface area contributed by atoms with Gasteiger partial charge in [0.1, 0.15) is 4.83 Å². The van der Waals surface area contributed by atoms with Gasteiger partial charge in [0.2, 0.25) is 5.91 Å². The number of hydrogen-bond donors (Lipinski definition) is 2. The van der Waals surface area contributed by atoms with E-state index in [4.69, 9.17) is 0 Å². The number of imide groups is 1. The molecule has 0 saturated heterocycles. The molecule has 3 amide bonds. The minimum absolute atomic E-state index is 0.0687. The van der Waals surface area contributed by atoms with Gasteiger partial charge in [-0.2, -0.15) is 0 Å². The molecular formula is C15H18N4O3S2. The predicted molar refractivity (Wildman–Crippen MR) is 94.8 cm³/mol. The molecule has 24 heavy (non-hydrogen) atoms. The molecule has 9 heteroatoms. The highest BCUT2D eigenvalue weighted by Crippen LogP contribution is 2.35. The maximum absolute atomic E-state index is 12.7. The van der Waals surface area contributed by atoms with Gasteiger partial charge in [-0.05, 0) is 31.7 Å². The molecule has 0 fully saturated rings. The van der Waals surface area contributed by atoms with Gasteiger partial charge in [0.25, 0.3) is 5.56 Å². The minimum atomic E-state index is -0.556. The summed E-state index contributed by atoms with van der Waals surface area (Å²) in [5, 5.41) is 5.21. The van der Waals surface area contributed by atoms with E-state index >= 15 is 0 Å². The van der Waals surface area contributed by atoms with Gasteiger partial charge in [0.15, 0.2) is 5.16 Å². The van der Waals surface area contributed by atoms with Crippen LogP contribution in [0.15, 0.2) is 9.95 Å². The van der Waals surface area contributed by atoms with Crippen molar-refractivity contribution >= 4 is 45.3 Å². The van der Waals surface area contributed by atoms with Crippen molar-refractivity contribution in [2.45, 2.75) is 36.6 Å². The van der Waals surface area contributed by atoms with E-state index in [2.05, 4.69) is 15.6 Å². The first kappa shape index (κ1) is 17.0. The normalized spacial score (nSPS) is 14.5. The van der Waals surface area contributed by atoms with E-state index in [9.17, 15) is 14.4 Å². The van der Waals surface area contributed by atoms with E-state index in [-0.39, 0.29) is 5.56 Å². The molecule has 2 aromatic heterocycles. The van der Waals surface area contributed by atoms with E-state index in [1.54, 1.807) is 25.3 Å². The van der Waals surface area contributed by atoms with Crippen LogP contribution in [0.1, 0.15) is 23.8 Å². The summed E-state index contributed by atoms with van der Waals surface area (Å²) < 4.78 is 1.49. The number of carbonyl (C=O) groups excluding carboxylic acids is 2. The molecule has 1 aliphatic rings. The SMILES string of the molecule is CNC(=O)NC(=O)[C@@H](C)Sc1nc2sc3c(c2c(=O)n1C)CCC3. The van der Waals surface area contributed by atoms with Gasteiger partial charge < -0.3 is 5.32 Å². The highest BCUT2D eigenvalue weighted by molar-refractivity contribution is 8.00. The molecule has 0 bridgehead atoms. The summed E-state index contributed by atoms with van der Waals surface area (Å²) >= 11 is 2.74. The van der Waals surface area contributed by atoms with E-state index in [1.807, 2.05) is 0 Å². The molecule has 1 aliphatic carbocycles. The molecule has 1 atom stereocenters. The van der Waals surface area contributed by atoms with Crippen LogP contribution in [-0.4, -0.2) is 33.8 Å². The number of aryl methyl sites for hydroxylation is 2. The zero-order chi connectivity index (χ0) is 17.4. The van der Waals surface area contributed by atoms with Crippen LogP contribution in [0.4, 0.5) is 4.79 Å². The van der Waals surface area contributed by atoms with Crippen LogP contribution in [0, 0.1) is 0 Å². The maximum atomic E-state index is 12.7. The molecule has 0 spiro atoms. The summed E-state index contributed by atoms with van der Waals surface area (Å²) in [5.41, 5.74) is 1.07. The number of carbonyl (C=O) groups is 2. The van der Waals surface area contributed by atoms with Crippen LogP contribution in [0.5, 0.6) is 0 Å². The van der Waals surface area contributed by atoms with Crippen molar-refractivity contribution in [3.8, 4) is 0 Å². The first-order chi connectivity index (χ1) is 11.4. The molecular weight excluding hydrogens is 348 g/mol. The summed E-state index contributed by atoms with van der Waals surface area (Å²) in [4.78, 5) is 42.5. The van der Waals surface area contributed by atoms with Crippen LogP contribution < -0.4 is 16.2 Å². The van der Waals surface area contributed by atoms with Gasteiger partial charge in [0, 0.05) is 19.0 Å². The predicted octanol–water partition coefficient (Wildman–Crippen LogP) is 1.42. The summed E-state index contributed by atoms with van der Waals surface area (Å²) in [6, 6.07) is -0.556. The fourth-order valence-corrected chi connectivity index (χ4v) is 4.88. The van der Waals surface area contributed by atoms with Gasteiger partial charge >= 0.3 is 6.03 Å². The maximum Gasteiger partial charge on any atom is 0.321 e. The number of urea groups is 1. The third-order valence-electron chi connectivity index (χ3n) is 4.02. The van der Waals surface area contributed by atoms with Gasteiger partial charge in [-0.3, -0.25) is 19.5 Å². The Morgan fingerprint density at radius 1 is 1.38 bits per heavy atom. The number of fused-ring (bicyclic) bond motifs is 3. The fourth-order valence-electron chi connectivity index (χ4n) is 2.70. The third kappa shape index (κ3) is 2.93. The van der Waals surface area contributed by atoms with E-state index in [0.717, 1.165) is 35.0 Å². The standard InChI is InChI=1S/C15H18N4O3S2/c1-7(11(20)17-14(22)16-2)23-15-18-12-10(13(21)19(15)3)8-5-4-6-9(8)24-12/h7H,4-6H2,1-3H3,(H2,16,17,20,22)/t7-/m1/s1. The molecule has 2 N–H and O–H groups in total. The van der Waals surface area contributed by atoms with Crippen molar-refractivity contribution in [2.24, 2.45) is 7.05 Å². The van der Waals surface area contributed by atoms with Crippen LogP contribution in [-0.2, 0) is 24.7 Å². The number of amides is 3. The van der Waals surface area contributed by atoms with Crippen LogP contribution in [0.3, 0.4) is 0 Å². The number of hydrogen-bond acceptors (Lipinski definition) is 6. The van der Waals surface area contributed by atoms with Crippen molar-refractivity contribution in [2.75, 3.05) is 7.05 Å². The van der Waals surface area contributed by atoms with Crippen molar-refractivity contribution in [3.05, 3.63) is 20.8 Å². The van der Waals surface area contributed by atoms with Crippen LogP contribution in [0.2, 0.25) is 0 Å². The van der Waals surface area contributed by atoms with Crippen molar-refractivity contribution in [1.82, 2.24) is 20.2 Å². The summed E-state index contributed by atoms with van der Waals surface area (Å²) in [5.74, 6) is -0.428. The topological polar surface area (TPSA) is 93.1 Å². The lowest BCUT2D eigenvalue weighted by Crippen LogP contribution is -2.41. The largest absolute Gasteiger partial charge is 0.341 e. The second-order valence-electron chi connectivity index (χ2n) is 5.62. The zero-order valence-corrected chi connectivity index (χ0v) is 15.3. The highest BCUT2D eigenvalue weighted by atomic mass is 32.2. The number of aromatic nitrogens is 2. The van der Waals surface area contributed by atoms with E-state index < -0.39 is 17.2 Å². The molecule has 7 nitrogen and oxygen atoms in total.